The minimum absolute atomic E-state index is 0.0831. The lowest BCUT2D eigenvalue weighted by atomic mass is 10.2. The summed E-state index contributed by atoms with van der Waals surface area (Å²) < 4.78 is 9.46. The van der Waals surface area contributed by atoms with Gasteiger partial charge in [-0.05, 0) is 24.3 Å². The van der Waals surface area contributed by atoms with Crippen molar-refractivity contribution in [3.8, 4) is 22.9 Å². The van der Waals surface area contributed by atoms with E-state index in [2.05, 4.69) is 14.7 Å². The van der Waals surface area contributed by atoms with Gasteiger partial charge >= 0.3 is 6.16 Å². The molecule has 0 atom stereocenters. The Morgan fingerprint density at radius 1 is 1.11 bits per heavy atom. The van der Waals surface area contributed by atoms with Gasteiger partial charge in [0.05, 0.1) is 19.5 Å². The summed E-state index contributed by atoms with van der Waals surface area (Å²) in [6, 6.07) is 7.21. The second kappa shape index (κ2) is 5.13. The third-order valence-electron chi connectivity index (χ3n) is 2.18. The number of hydrogen-bond donors (Lipinski definition) is 1. The molecule has 18 heavy (non-hydrogen) atoms. The van der Waals surface area contributed by atoms with E-state index >= 15 is 0 Å². The van der Waals surface area contributed by atoms with Gasteiger partial charge in [0.25, 0.3) is 0 Å². The van der Waals surface area contributed by atoms with Crippen LogP contribution >= 0.6 is 0 Å². The Morgan fingerprint density at radius 3 is 2.22 bits per heavy atom. The van der Waals surface area contributed by atoms with Crippen molar-refractivity contribution in [3.05, 3.63) is 36.7 Å². The number of benzene rings is 1. The largest absolute Gasteiger partial charge is 0.511 e. The number of nitrogens with zero attached hydrogens (tertiary/aromatic N) is 2. The van der Waals surface area contributed by atoms with Crippen LogP contribution in [-0.4, -0.2) is 28.3 Å². The molecule has 0 amide bonds. The number of hydrogen-bond acceptors (Lipinski definition) is 5. The number of carboxylic acid groups (broad SMARTS) is 1. The normalized spacial score (nSPS) is 9.83. The van der Waals surface area contributed by atoms with Gasteiger partial charge in [-0.3, -0.25) is 0 Å². The molecule has 1 N–H and O–H groups in total. The van der Waals surface area contributed by atoms with Crippen molar-refractivity contribution in [2.24, 2.45) is 0 Å². The molecule has 0 aliphatic carbocycles. The first kappa shape index (κ1) is 11.8. The van der Waals surface area contributed by atoms with E-state index in [1.54, 1.807) is 19.2 Å². The Hall–Kier alpha value is -2.63. The van der Waals surface area contributed by atoms with E-state index in [1.807, 2.05) is 12.1 Å². The van der Waals surface area contributed by atoms with Crippen LogP contribution in [0.5, 0.6) is 11.5 Å². The first-order chi connectivity index (χ1) is 8.69. The van der Waals surface area contributed by atoms with E-state index in [0.29, 0.717) is 5.82 Å². The summed E-state index contributed by atoms with van der Waals surface area (Å²) in [6.45, 7) is 0. The van der Waals surface area contributed by atoms with Gasteiger partial charge in [0.15, 0.2) is 11.6 Å². The fourth-order valence-corrected chi connectivity index (χ4v) is 1.36. The minimum atomic E-state index is -1.39. The highest BCUT2D eigenvalue weighted by atomic mass is 16.7. The van der Waals surface area contributed by atoms with E-state index in [-0.39, 0.29) is 5.75 Å². The maximum atomic E-state index is 10.3. The maximum Gasteiger partial charge on any atom is 0.511 e. The summed E-state index contributed by atoms with van der Waals surface area (Å²) in [5, 5.41) is 8.42. The summed E-state index contributed by atoms with van der Waals surface area (Å²) in [6.07, 6.45) is 1.22. The van der Waals surface area contributed by atoms with Crippen molar-refractivity contribution in [1.82, 2.24) is 9.97 Å². The lowest BCUT2D eigenvalue weighted by Gasteiger charge is -2.03. The maximum absolute atomic E-state index is 10.3. The number of methoxy groups -OCH3 is 1. The number of rotatable bonds is 3. The first-order valence-corrected chi connectivity index (χ1v) is 5.06. The van der Waals surface area contributed by atoms with E-state index in [4.69, 9.17) is 9.84 Å². The quantitative estimate of drug-likeness (QED) is 0.836. The van der Waals surface area contributed by atoms with Gasteiger partial charge in [-0.25, -0.2) is 14.8 Å². The summed E-state index contributed by atoms with van der Waals surface area (Å²) in [5.41, 5.74) is 0.803. The van der Waals surface area contributed by atoms with Crippen LogP contribution in [0.4, 0.5) is 4.79 Å². The monoisotopic (exact) mass is 246 g/mol. The zero-order valence-electron chi connectivity index (χ0n) is 9.53. The zero-order valence-corrected chi connectivity index (χ0v) is 9.53. The SMILES string of the molecule is COc1ccc(-c2ncc(OC(=O)O)cn2)cc1. The topological polar surface area (TPSA) is 81.5 Å². The molecule has 6 nitrogen and oxygen atoms in total. The molecular weight excluding hydrogens is 236 g/mol. The van der Waals surface area contributed by atoms with E-state index < -0.39 is 6.16 Å². The van der Waals surface area contributed by atoms with Gasteiger partial charge in [0, 0.05) is 5.56 Å². The molecule has 2 rings (SSSR count). The third-order valence-corrected chi connectivity index (χ3v) is 2.18. The van der Waals surface area contributed by atoms with Crippen LogP contribution in [0.2, 0.25) is 0 Å². The minimum Gasteiger partial charge on any atom is -0.497 e. The van der Waals surface area contributed by atoms with Crippen molar-refractivity contribution < 1.29 is 19.4 Å². The predicted octanol–water partition coefficient (Wildman–Crippen LogP) is 2.21. The highest BCUT2D eigenvalue weighted by Gasteiger charge is 2.04. The van der Waals surface area contributed by atoms with E-state index in [1.165, 1.54) is 12.4 Å². The smallest absolute Gasteiger partial charge is 0.497 e. The van der Waals surface area contributed by atoms with Crippen LogP contribution < -0.4 is 9.47 Å². The Balaban J connectivity index is 2.20. The molecule has 6 heteroatoms. The van der Waals surface area contributed by atoms with Crippen LogP contribution in [0, 0.1) is 0 Å². The molecule has 0 fully saturated rings. The average molecular weight is 246 g/mol. The fourth-order valence-electron chi connectivity index (χ4n) is 1.36. The molecule has 0 saturated carbocycles. The lowest BCUT2D eigenvalue weighted by Crippen LogP contribution is -2.03. The Morgan fingerprint density at radius 2 is 1.72 bits per heavy atom. The van der Waals surface area contributed by atoms with Gasteiger partial charge in [-0.2, -0.15) is 0 Å². The summed E-state index contributed by atoms with van der Waals surface area (Å²) in [4.78, 5) is 18.3. The standard InChI is InChI=1S/C12H10N2O4/c1-17-9-4-2-8(3-5-9)11-13-6-10(7-14-11)18-12(15)16/h2-7H,1H3,(H,15,16). The molecule has 1 aromatic carbocycles. The number of aromatic nitrogens is 2. The van der Waals surface area contributed by atoms with Crippen LogP contribution in [0.1, 0.15) is 0 Å². The van der Waals surface area contributed by atoms with Crippen LogP contribution in [0.15, 0.2) is 36.7 Å². The molecule has 0 aliphatic heterocycles. The second-order valence-electron chi connectivity index (χ2n) is 3.34. The van der Waals surface area contributed by atoms with Crippen molar-refractivity contribution >= 4 is 6.16 Å². The number of carbonyl (C=O) groups is 1. The molecule has 0 aliphatic rings. The van der Waals surface area contributed by atoms with Crippen molar-refractivity contribution in [3.63, 3.8) is 0 Å². The van der Waals surface area contributed by atoms with Crippen molar-refractivity contribution in [2.75, 3.05) is 7.11 Å². The van der Waals surface area contributed by atoms with Gasteiger partial charge in [0.1, 0.15) is 5.75 Å². The van der Waals surface area contributed by atoms with Crippen molar-refractivity contribution in [1.29, 1.82) is 0 Å². The van der Waals surface area contributed by atoms with Gasteiger partial charge < -0.3 is 14.6 Å². The summed E-state index contributed by atoms with van der Waals surface area (Å²) >= 11 is 0. The highest BCUT2D eigenvalue weighted by molar-refractivity contribution is 5.61. The average Bonchev–Trinajstić information content (AvgIpc) is 2.39. The Bertz CT molecular complexity index is 537. The van der Waals surface area contributed by atoms with Crippen LogP contribution in [0.25, 0.3) is 11.4 Å². The molecule has 1 aromatic heterocycles. The molecular formula is C12H10N2O4. The predicted molar refractivity (Wildman–Crippen MR) is 62.7 cm³/mol. The zero-order chi connectivity index (χ0) is 13.0. The molecule has 0 saturated heterocycles. The van der Waals surface area contributed by atoms with Gasteiger partial charge in [-0.15, -0.1) is 0 Å². The second-order valence-corrected chi connectivity index (χ2v) is 3.34. The van der Waals surface area contributed by atoms with E-state index in [0.717, 1.165) is 11.3 Å². The van der Waals surface area contributed by atoms with Crippen LogP contribution in [0.3, 0.4) is 0 Å². The molecule has 0 bridgehead atoms. The number of ether oxygens (including phenoxy) is 2. The third kappa shape index (κ3) is 2.73. The van der Waals surface area contributed by atoms with Gasteiger partial charge in [0.2, 0.25) is 0 Å². The first-order valence-electron chi connectivity index (χ1n) is 5.06. The van der Waals surface area contributed by atoms with Crippen molar-refractivity contribution in [2.45, 2.75) is 0 Å². The molecule has 0 radical (unpaired) electrons. The Kier molecular flexibility index (Phi) is 3.38. The molecule has 0 spiro atoms. The summed E-state index contributed by atoms with van der Waals surface area (Å²) in [5.74, 6) is 1.31. The summed E-state index contributed by atoms with van der Waals surface area (Å²) in [7, 11) is 1.59. The van der Waals surface area contributed by atoms with E-state index in [9.17, 15) is 4.79 Å². The fraction of sp³-hybridized carbons (Fsp3) is 0.0833. The molecule has 1 heterocycles. The molecule has 92 valence electrons. The van der Waals surface area contributed by atoms with Gasteiger partial charge in [-0.1, -0.05) is 0 Å². The van der Waals surface area contributed by atoms with Crippen LogP contribution in [-0.2, 0) is 0 Å². The highest BCUT2D eigenvalue weighted by Crippen LogP contribution is 2.19. The lowest BCUT2D eigenvalue weighted by molar-refractivity contribution is 0.144. The molecule has 2 aromatic rings. The Labute approximate surface area is 103 Å². The molecule has 0 unspecified atom stereocenters.